The van der Waals surface area contributed by atoms with E-state index in [-0.39, 0.29) is 0 Å². The Morgan fingerprint density at radius 1 is 1.29 bits per heavy atom. The number of nitrogens with zero attached hydrogens (tertiary/aromatic N) is 1. The summed E-state index contributed by atoms with van der Waals surface area (Å²) in [6, 6.07) is 7.79. The first-order valence-corrected chi connectivity index (χ1v) is 4.74. The topological polar surface area (TPSA) is 37.2 Å². The summed E-state index contributed by atoms with van der Waals surface area (Å²) >= 11 is 0. The van der Waals surface area contributed by atoms with Gasteiger partial charge in [-0.15, -0.1) is 0 Å². The number of aromatic hydroxyl groups is 1. The number of nitrogens with one attached hydrogen (secondary N) is 1. The molecule has 2 rings (SSSR count). The monoisotopic (exact) mass is 190 g/mol. The van der Waals surface area contributed by atoms with Crippen LogP contribution in [-0.4, -0.2) is 15.8 Å². The first-order chi connectivity index (χ1) is 6.68. The second kappa shape index (κ2) is 3.25. The molecule has 14 heavy (non-hydrogen) atoms. The molecule has 0 saturated heterocycles. The van der Waals surface area contributed by atoms with Gasteiger partial charge in [0.05, 0.1) is 5.52 Å². The summed E-state index contributed by atoms with van der Waals surface area (Å²) in [7, 11) is 0. The van der Waals surface area contributed by atoms with Crippen LogP contribution in [0.5, 0.6) is 5.75 Å². The van der Waals surface area contributed by atoms with Gasteiger partial charge in [0.2, 0.25) is 0 Å². The lowest BCUT2D eigenvalue weighted by molar-refractivity contribution is 0.481. The Balaban J connectivity index is 2.52. The third kappa shape index (κ3) is 1.41. The van der Waals surface area contributed by atoms with E-state index < -0.39 is 0 Å². The Hall–Kier alpha value is -1.64. The van der Waals surface area contributed by atoms with Crippen LogP contribution in [0.25, 0.3) is 10.9 Å². The van der Waals surface area contributed by atoms with Gasteiger partial charge in [-0.25, -0.2) is 0 Å². The predicted octanol–water partition coefficient (Wildman–Crippen LogP) is 2.30. The fraction of sp³-hybridized carbons (Fsp3) is 0.273. The van der Waals surface area contributed by atoms with Crippen LogP contribution in [0.15, 0.2) is 30.5 Å². The summed E-state index contributed by atoms with van der Waals surface area (Å²) in [5.41, 5.74) is 4.26. The molecular weight excluding hydrogens is 176 g/mol. The number of benzene rings is 1. The van der Waals surface area contributed by atoms with E-state index in [2.05, 4.69) is 19.3 Å². The van der Waals surface area contributed by atoms with Crippen molar-refractivity contribution < 1.29 is 5.11 Å². The normalized spacial score (nSPS) is 11.1. The van der Waals surface area contributed by atoms with E-state index in [0.717, 1.165) is 10.9 Å². The van der Waals surface area contributed by atoms with Gasteiger partial charge in [0.15, 0.2) is 0 Å². The largest absolute Gasteiger partial charge is 0.507 e. The second-order valence-corrected chi connectivity index (χ2v) is 3.68. The molecule has 1 aromatic heterocycles. The van der Waals surface area contributed by atoms with Gasteiger partial charge in [-0.2, -0.15) is 0 Å². The third-order valence-electron chi connectivity index (χ3n) is 2.11. The molecule has 1 aromatic carbocycles. The molecule has 0 atom stereocenters. The van der Waals surface area contributed by atoms with Crippen LogP contribution in [0.2, 0.25) is 0 Å². The highest BCUT2D eigenvalue weighted by molar-refractivity contribution is 5.86. The zero-order valence-corrected chi connectivity index (χ0v) is 8.36. The van der Waals surface area contributed by atoms with Gasteiger partial charge < -0.3 is 10.5 Å². The van der Waals surface area contributed by atoms with E-state index in [1.54, 1.807) is 6.07 Å². The Morgan fingerprint density at radius 3 is 2.79 bits per heavy atom. The molecule has 0 bridgehead atoms. The summed E-state index contributed by atoms with van der Waals surface area (Å²) in [4.78, 5) is 0. The van der Waals surface area contributed by atoms with E-state index in [9.17, 15) is 5.11 Å². The summed E-state index contributed by atoms with van der Waals surface area (Å²) in [6.07, 6.45) is 1.92. The fourth-order valence-electron chi connectivity index (χ4n) is 1.54. The van der Waals surface area contributed by atoms with Crippen molar-refractivity contribution in [2.24, 2.45) is 0 Å². The van der Waals surface area contributed by atoms with Crippen molar-refractivity contribution in [1.82, 2.24) is 4.68 Å². The zero-order chi connectivity index (χ0) is 10.1. The Kier molecular flexibility index (Phi) is 2.08. The molecule has 0 fully saturated rings. The highest BCUT2D eigenvalue weighted by Crippen LogP contribution is 2.24. The van der Waals surface area contributed by atoms with Gasteiger partial charge in [0.25, 0.3) is 0 Å². The summed E-state index contributed by atoms with van der Waals surface area (Å²) < 4.78 is 1.93. The molecule has 0 amide bonds. The van der Waals surface area contributed by atoms with E-state index >= 15 is 0 Å². The molecular formula is C11H14N2O. The van der Waals surface area contributed by atoms with E-state index in [0.29, 0.717) is 11.8 Å². The lowest BCUT2D eigenvalue weighted by Gasteiger charge is -2.12. The van der Waals surface area contributed by atoms with Crippen LogP contribution in [0, 0.1) is 0 Å². The SMILES string of the molecule is CC(C)Nn1ccc2c(O)cccc21. The molecule has 0 unspecified atom stereocenters. The van der Waals surface area contributed by atoms with E-state index in [1.807, 2.05) is 29.1 Å². The number of phenols is 1. The van der Waals surface area contributed by atoms with Gasteiger partial charge >= 0.3 is 0 Å². The number of phenolic OH excluding ortho intramolecular Hbond substituents is 1. The molecule has 0 radical (unpaired) electrons. The van der Waals surface area contributed by atoms with Crippen molar-refractivity contribution in [3.63, 3.8) is 0 Å². The van der Waals surface area contributed by atoms with Crippen LogP contribution < -0.4 is 5.43 Å². The maximum Gasteiger partial charge on any atom is 0.125 e. The number of aromatic nitrogens is 1. The van der Waals surface area contributed by atoms with Gasteiger partial charge in [-0.3, -0.25) is 4.68 Å². The first-order valence-electron chi connectivity index (χ1n) is 4.74. The first kappa shape index (κ1) is 8.94. The van der Waals surface area contributed by atoms with Crippen LogP contribution in [0.3, 0.4) is 0 Å². The van der Waals surface area contributed by atoms with Crippen molar-refractivity contribution in [2.75, 3.05) is 5.43 Å². The molecule has 74 valence electrons. The molecule has 0 spiro atoms. The molecule has 1 heterocycles. The van der Waals surface area contributed by atoms with Crippen molar-refractivity contribution in [3.05, 3.63) is 30.5 Å². The molecule has 3 heteroatoms. The number of fused-ring (bicyclic) bond motifs is 1. The second-order valence-electron chi connectivity index (χ2n) is 3.68. The van der Waals surface area contributed by atoms with Crippen LogP contribution in [0.4, 0.5) is 0 Å². The lowest BCUT2D eigenvalue weighted by Crippen LogP contribution is -2.20. The third-order valence-corrected chi connectivity index (χ3v) is 2.11. The highest BCUT2D eigenvalue weighted by Gasteiger charge is 2.04. The van der Waals surface area contributed by atoms with E-state index in [4.69, 9.17) is 0 Å². The van der Waals surface area contributed by atoms with Crippen molar-refractivity contribution in [2.45, 2.75) is 19.9 Å². The molecule has 0 saturated carbocycles. The molecule has 3 nitrogen and oxygen atoms in total. The average molecular weight is 190 g/mol. The summed E-state index contributed by atoms with van der Waals surface area (Å²) in [5, 5.41) is 10.5. The minimum atomic E-state index is 0.326. The molecule has 0 aliphatic heterocycles. The standard InChI is InChI=1S/C11H14N2O/c1-8(2)12-13-7-6-9-10(13)4-3-5-11(9)14/h3-8,12,14H,1-2H3. The van der Waals surface area contributed by atoms with Crippen molar-refractivity contribution in [1.29, 1.82) is 0 Å². The fourth-order valence-corrected chi connectivity index (χ4v) is 1.54. The maximum absolute atomic E-state index is 9.58. The quantitative estimate of drug-likeness (QED) is 0.762. The minimum Gasteiger partial charge on any atom is -0.507 e. The Labute approximate surface area is 82.9 Å². The minimum absolute atomic E-state index is 0.326. The Bertz CT molecular complexity index is 445. The Morgan fingerprint density at radius 2 is 2.07 bits per heavy atom. The highest BCUT2D eigenvalue weighted by atomic mass is 16.3. The maximum atomic E-state index is 9.58. The molecule has 2 aromatic rings. The number of hydrogen-bond acceptors (Lipinski definition) is 2. The molecule has 0 aliphatic carbocycles. The lowest BCUT2D eigenvalue weighted by atomic mass is 10.2. The van der Waals surface area contributed by atoms with Crippen LogP contribution in [-0.2, 0) is 0 Å². The van der Waals surface area contributed by atoms with Gasteiger partial charge in [-0.05, 0) is 32.0 Å². The number of rotatable bonds is 2. The average Bonchev–Trinajstić information content (AvgIpc) is 2.49. The summed E-state index contributed by atoms with van der Waals surface area (Å²) in [6.45, 7) is 4.16. The van der Waals surface area contributed by atoms with Crippen molar-refractivity contribution >= 4 is 10.9 Å². The van der Waals surface area contributed by atoms with Gasteiger partial charge in [0, 0.05) is 17.6 Å². The van der Waals surface area contributed by atoms with E-state index in [1.165, 1.54) is 0 Å². The molecule has 2 N–H and O–H groups in total. The van der Waals surface area contributed by atoms with Gasteiger partial charge in [0.1, 0.15) is 5.75 Å². The predicted molar refractivity (Wildman–Crippen MR) is 58.1 cm³/mol. The van der Waals surface area contributed by atoms with Crippen LogP contribution >= 0.6 is 0 Å². The van der Waals surface area contributed by atoms with Gasteiger partial charge in [-0.1, -0.05) is 6.07 Å². The summed E-state index contributed by atoms with van der Waals surface area (Å²) in [5.74, 6) is 0.326. The van der Waals surface area contributed by atoms with Crippen molar-refractivity contribution in [3.8, 4) is 5.75 Å². The van der Waals surface area contributed by atoms with Crippen LogP contribution in [0.1, 0.15) is 13.8 Å². The smallest absolute Gasteiger partial charge is 0.125 e. The molecule has 0 aliphatic rings. The number of hydrogen-bond donors (Lipinski definition) is 2. The zero-order valence-electron chi connectivity index (χ0n) is 8.36.